The number of nitrogens with zero attached hydrogens (tertiary/aromatic N) is 1. The van der Waals surface area contributed by atoms with E-state index in [0.29, 0.717) is 19.4 Å². The number of aliphatic carboxylic acids is 1. The van der Waals surface area contributed by atoms with Crippen molar-refractivity contribution >= 4 is 11.9 Å². The first-order valence-electron chi connectivity index (χ1n) is 8.06. The van der Waals surface area contributed by atoms with Gasteiger partial charge in [-0.05, 0) is 32.6 Å². The Morgan fingerprint density at radius 3 is 2.40 bits per heavy atom. The molecule has 1 rings (SSSR count). The number of carbonyl (C=O) groups is 2. The van der Waals surface area contributed by atoms with Crippen LogP contribution < -0.4 is 0 Å². The van der Waals surface area contributed by atoms with Crippen LogP contribution in [0, 0.1) is 0 Å². The Bertz CT molecular complexity index is 330. The molecule has 4 heteroatoms. The average molecular weight is 283 g/mol. The van der Waals surface area contributed by atoms with Crippen LogP contribution in [0.1, 0.15) is 78.1 Å². The average Bonchev–Trinajstić information content (AvgIpc) is 2.42. The number of rotatable bonds is 8. The second-order valence-electron chi connectivity index (χ2n) is 6.10. The van der Waals surface area contributed by atoms with Crippen LogP contribution in [0.5, 0.6) is 0 Å². The molecular weight excluding hydrogens is 254 g/mol. The van der Waals surface area contributed by atoms with E-state index in [2.05, 4.69) is 6.92 Å². The Morgan fingerprint density at radius 1 is 1.10 bits per heavy atom. The smallest absolute Gasteiger partial charge is 0.329 e. The second kappa shape index (κ2) is 8.28. The lowest BCUT2D eigenvalue weighted by molar-refractivity contribution is -0.161. The number of hydrogen-bond donors (Lipinski definition) is 1. The zero-order valence-corrected chi connectivity index (χ0v) is 13.0. The predicted molar refractivity (Wildman–Crippen MR) is 79.6 cm³/mol. The van der Waals surface area contributed by atoms with Crippen molar-refractivity contribution in [2.24, 2.45) is 0 Å². The standard InChI is InChI=1S/C16H29NO3/c1-3-4-5-6-7-8-11-14(18)17-13-10-9-12-16(17,2)15(19)20/h3-13H2,1-2H3,(H,19,20). The highest BCUT2D eigenvalue weighted by Crippen LogP contribution is 2.29. The Kier molecular flexibility index (Phi) is 7.03. The molecule has 0 aromatic rings. The van der Waals surface area contributed by atoms with Crippen LogP contribution in [-0.2, 0) is 9.59 Å². The van der Waals surface area contributed by atoms with Crippen molar-refractivity contribution in [3.63, 3.8) is 0 Å². The molecular formula is C16H29NO3. The van der Waals surface area contributed by atoms with E-state index in [1.807, 2.05) is 0 Å². The number of likely N-dealkylation sites (tertiary alicyclic amines) is 1. The molecule has 1 heterocycles. The lowest BCUT2D eigenvalue weighted by Crippen LogP contribution is -2.57. The summed E-state index contributed by atoms with van der Waals surface area (Å²) >= 11 is 0. The summed E-state index contributed by atoms with van der Waals surface area (Å²) in [4.78, 5) is 25.3. The van der Waals surface area contributed by atoms with Crippen LogP contribution in [-0.4, -0.2) is 34.0 Å². The summed E-state index contributed by atoms with van der Waals surface area (Å²) in [6.07, 6.45) is 9.74. The van der Waals surface area contributed by atoms with Crippen LogP contribution in [0.3, 0.4) is 0 Å². The first-order valence-corrected chi connectivity index (χ1v) is 8.06. The number of hydrogen-bond acceptors (Lipinski definition) is 2. The van der Waals surface area contributed by atoms with Gasteiger partial charge in [0.05, 0.1) is 0 Å². The first kappa shape index (κ1) is 17.0. The molecule has 0 saturated carbocycles. The Morgan fingerprint density at radius 2 is 1.75 bits per heavy atom. The van der Waals surface area contributed by atoms with Crippen LogP contribution in [0.4, 0.5) is 0 Å². The molecule has 1 amide bonds. The van der Waals surface area contributed by atoms with Crippen molar-refractivity contribution in [1.29, 1.82) is 0 Å². The molecule has 20 heavy (non-hydrogen) atoms. The summed E-state index contributed by atoms with van der Waals surface area (Å²) in [6.45, 7) is 4.47. The summed E-state index contributed by atoms with van der Waals surface area (Å²) in [6, 6.07) is 0. The molecule has 116 valence electrons. The Hall–Kier alpha value is -1.06. The van der Waals surface area contributed by atoms with Gasteiger partial charge in [0.25, 0.3) is 0 Å². The van der Waals surface area contributed by atoms with E-state index < -0.39 is 11.5 Å². The Labute approximate surface area is 122 Å². The van der Waals surface area contributed by atoms with Crippen LogP contribution in [0.2, 0.25) is 0 Å². The van der Waals surface area contributed by atoms with Crippen LogP contribution in [0.15, 0.2) is 0 Å². The van der Waals surface area contributed by atoms with E-state index in [0.717, 1.165) is 25.7 Å². The maximum atomic E-state index is 12.3. The molecule has 1 unspecified atom stereocenters. The lowest BCUT2D eigenvalue weighted by atomic mass is 9.88. The van der Waals surface area contributed by atoms with E-state index in [1.165, 1.54) is 25.7 Å². The zero-order chi connectivity index (χ0) is 15.0. The topological polar surface area (TPSA) is 57.6 Å². The zero-order valence-electron chi connectivity index (χ0n) is 13.0. The van der Waals surface area contributed by atoms with Crippen molar-refractivity contribution < 1.29 is 14.7 Å². The number of amides is 1. The molecule has 0 aromatic heterocycles. The summed E-state index contributed by atoms with van der Waals surface area (Å²) in [7, 11) is 0. The summed E-state index contributed by atoms with van der Waals surface area (Å²) in [5, 5.41) is 9.39. The maximum Gasteiger partial charge on any atom is 0.329 e. The Balaban J connectivity index is 2.38. The minimum atomic E-state index is -0.989. The van der Waals surface area contributed by atoms with E-state index in [1.54, 1.807) is 11.8 Å². The van der Waals surface area contributed by atoms with Gasteiger partial charge in [0.2, 0.25) is 5.91 Å². The quantitative estimate of drug-likeness (QED) is 0.692. The predicted octanol–water partition coefficient (Wildman–Crippen LogP) is 3.59. The second-order valence-corrected chi connectivity index (χ2v) is 6.10. The number of unbranched alkanes of at least 4 members (excludes halogenated alkanes) is 5. The molecule has 1 aliphatic rings. The van der Waals surface area contributed by atoms with E-state index in [9.17, 15) is 14.7 Å². The van der Waals surface area contributed by atoms with Crippen LogP contribution in [0.25, 0.3) is 0 Å². The van der Waals surface area contributed by atoms with Gasteiger partial charge in [-0.15, -0.1) is 0 Å². The number of carboxylic acid groups (broad SMARTS) is 1. The van der Waals surface area contributed by atoms with Crippen molar-refractivity contribution in [2.75, 3.05) is 6.54 Å². The van der Waals surface area contributed by atoms with Crippen molar-refractivity contribution in [3.8, 4) is 0 Å². The van der Waals surface area contributed by atoms with Gasteiger partial charge in [-0.25, -0.2) is 4.79 Å². The summed E-state index contributed by atoms with van der Waals surface area (Å²) in [5.41, 5.74) is -0.989. The molecule has 4 nitrogen and oxygen atoms in total. The minimum absolute atomic E-state index is 0.0186. The summed E-state index contributed by atoms with van der Waals surface area (Å²) in [5.74, 6) is -0.849. The van der Waals surface area contributed by atoms with Gasteiger partial charge >= 0.3 is 5.97 Å². The van der Waals surface area contributed by atoms with Crippen molar-refractivity contribution in [1.82, 2.24) is 4.90 Å². The third-order valence-corrected chi connectivity index (χ3v) is 4.40. The fourth-order valence-corrected chi connectivity index (χ4v) is 2.93. The minimum Gasteiger partial charge on any atom is -0.480 e. The van der Waals surface area contributed by atoms with Gasteiger partial charge in [0.1, 0.15) is 5.54 Å². The normalized spacial score (nSPS) is 22.8. The SMILES string of the molecule is CCCCCCCCC(=O)N1CCCCC1(C)C(=O)O. The molecule has 0 aromatic carbocycles. The summed E-state index contributed by atoms with van der Waals surface area (Å²) < 4.78 is 0. The molecule has 1 aliphatic heterocycles. The van der Waals surface area contributed by atoms with E-state index >= 15 is 0 Å². The van der Waals surface area contributed by atoms with Gasteiger partial charge in [0, 0.05) is 13.0 Å². The molecule has 1 atom stereocenters. The highest BCUT2D eigenvalue weighted by Gasteiger charge is 2.43. The molecule has 1 N–H and O–H groups in total. The van der Waals surface area contributed by atoms with Gasteiger partial charge < -0.3 is 10.0 Å². The third kappa shape index (κ3) is 4.50. The van der Waals surface area contributed by atoms with E-state index in [-0.39, 0.29) is 5.91 Å². The van der Waals surface area contributed by atoms with Gasteiger partial charge in [0.15, 0.2) is 0 Å². The van der Waals surface area contributed by atoms with Gasteiger partial charge in [-0.3, -0.25) is 4.79 Å². The maximum absolute atomic E-state index is 12.3. The van der Waals surface area contributed by atoms with Crippen molar-refractivity contribution in [2.45, 2.75) is 83.6 Å². The number of piperidine rings is 1. The lowest BCUT2D eigenvalue weighted by Gasteiger charge is -2.41. The molecule has 0 bridgehead atoms. The van der Waals surface area contributed by atoms with Crippen LogP contribution >= 0.6 is 0 Å². The van der Waals surface area contributed by atoms with E-state index in [4.69, 9.17) is 0 Å². The van der Waals surface area contributed by atoms with Crippen molar-refractivity contribution in [3.05, 3.63) is 0 Å². The number of carbonyl (C=O) groups excluding carboxylic acids is 1. The molecule has 0 spiro atoms. The highest BCUT2D eigenvalue weighted by molar-refractivity contribution is 5.87. The monoisotopic (exact) mass is 283 g/mol. The fraction of sp³-hybridized carbons (Fsp3) is 0.875. The largest absolute Gasteiger partial charge is 0.480 e. The van der Waals surface area contributed by atoms with Gasteiger partial charge in [-0.2, -0.15) is 0 Å². The molecule has 1 fully saturated rings. The fourth-order valence-electron chi connectivity index (χ4n) is 2.93. The molecule has 1 saturated heterocycles. The third-order valence-electron chi connectivity index (χ3n) is 4.40. The molecule has 0 aliphatic carbocycles. The highest BCUT2D eigenvalue weighted by atomic mass is 16.4. The first-order chi connectivity index (χ1) is 9.52. The molecule has 0 radical (unpaired) electrons. The number of carboxylic acids is 1. The van der Waals surface area contributed by atoms with Gasteiger partial charge in [-0.1, -0.05) is 39.0 Å².